The van der Waals surface area contributed by atoms with Gasteiger partial charge >= 0.3 is 0 Å². The molecule has 2 rings (SSSR count). The molecule has 1 fully saturated rings. The molecule has 1 unspecified atom stereocenters. The number of rotatable bonds is 4. The molecule has 0 aliphatic carbocycles. The number of carbonyl (C=O) groups excluding carboxylic acids is 1. The van der Waals surface area contributed by atoms with E-state index in [2.05, 4.69) is 10.6 Å². The number of nitro benzene ring substituents is 1. The van der Waals surface area contributed by atoms with E-state index in [-0.39, 0.29) is 17.3 Å². The van der Waals surface area contributed by atoms with Gasteiger partial charge < -0.3 is 15.4 Å². The molecular weight excluding hydrogens is 262 g/mol. The van der Waals surface area contributed by atoms with E-state index < -0.39 is 10.8 Å². The molecule has 1 aromatic carbocycles. The largest absolute Gasteiger partial charge is 0.497 e. The third-order valence-electron chi connectivity index (χ3n) is 3.28. The van der Waals surface area contributed by atoms with Crippen LogP contribution in [0.1, 0.15) is 23.2 Å². The highest BCUT2D eigenvalue weighted by Gasteiger charge is 2.23. The molecule has 1 aromatic rings. The molecule has 0 saturated carbocycles. The van der Waals surface area contributed by atoms with Gasteiger partial charge in [-0.1, -0.05) is 0 Å². The lowest BCUT2D eigenvalue weighted by Gasteiger charge is -2.23. The third-order valence-corrected chi connectivity index (χ3v) is 3.28. The minimum atomic E-state index is -0.562. The van der Waals surface area contributed by atoms with Crippen molar-refractivity contribution in [1.82, 2.24) is 10.6 Å². The summed E-state index contributed by atoms with van der Waals surface area (Å²) in [7, 11) is 1.45. The van der Waals surface area contributed by atoms with Crippen molar-refractivity contribution in [3.8, 4) is 5.75 Å². The Bertz CT molecular complexity index is 512. The Labute approximate surface area is 116 Å². The zero-order valence-electron chi connectivity index (χ0n) is 11.2. The molecule has 1 saturated heterocycles. The van der Waals surface area contributed by atoms with Crippen LogP contribution in [0.25, 0.3) is 0 Å². The predicted octanol–water partition coefficient (Wildman–Crippen LogP) is 1.09. The second kappa shape index (κ2) is 6.33. The van der Waals surface area contributed by atoms with E-state index in [0.29, 0.717) is 12.3 Å². The molecule has 1 heterocycles. The first-order valence-corrected chi connectivity index (χ1v) is 6.46. The molecule has 0 bridgehead atoms. The lowest BCUT2D eigenvalue weighted by Crippen LogP contribution is -2.45. The summed E-state index contributed by atoms with van der Waals surface area (Å²) in [5.74, 6) is -0.0215. The fraction of sp³-hybridized carbons (Fsp3) is 0.462. The molecule has 1 aliphatic heterocycles. The van der Waals surface area contributed by atoms with Gasteiger partial charge in [0.2, 0.25) is 0 Å². The zero-order valence-corrected chi connectivity index (χ0v) is 11.2. The monoisotopic (exact) mass is 279 g/mol. The number of hydrogen-bond donors (Lipinski definition) is 2. The highest BCUT2D eigenvalue weighted by atomic mass is 16.6. The molecule has 7 heteroatoms. The molecule has 0 aromatic heterocycles. The molecule has 0 radical (unpaired) electrons. The van der Waals surface area contributed by atoms with Crippen LogP contribution in [0.5, 0.6) is 5.75 Å². The maximum Gasteiger partial charge on any atom is 0.282 e. The van der Waals surface area contributed by atoms with E-state index in [9.17, 15) is 14.9 Å². The molecular formula is C13H17N3O4. The normalized spacial score (nSPS) is 18.4. The first kappa shape index (κ1) is 14.3. The summed E-state index contributed by atoms with van der Waals surface area (Å²) in [6.07, 6.45) is 1.85. The molecule has 108 valence electrons. The minimum absolute atomic E-state index is 0.00190. The maximum atomic E-state index is 12.2. The number of amides is 1. The van der Waals surface area contributed by atoms with Gasteiger partial charge in [-0.2, -0.15) is 0 Å². The van der Waals surface area contributed by atoms with Gasteiger partial charge in [-0.05, 0) is 31.5 Å². The average molecular weight is 279 g/mol. The van der Waals surface area contributed by atoms with Crippen LogP contribution < -0.4 is 15.4 Å². The van der Waals surface area contributed by atoms with Crippen LogP contribution in [0.3, 0.4) is 0 Å². The fourth-order valence-electron chi connectivity index (χ4n) is 2.22. The van der Waals surface area contributed by atoms with Crippen LogP contribution in [0, 0.1) is 10.1 Å². The van der Waals surface area contributed by atoms with Gasteiger partial charge in [-0.25, -0.2) is 0 Å². The second-order valence-corrected chi connectivity index (χ2v) is 4.66. The summed E-state index contributed by atoms with van der Waals surface area (Å²) in [6, 6.07) is 4.15. The number of nitrogens with one attached hydrogen (secondary N) is 2. The smallest absolute Gasteiger partial charge is 0.282 e. The van der Waals surface area contributed by atoms with E-state index in [4.69, 9.17) is 4.74 Å². The standard InChI is InChI=1S/C13H17N3O4/c1-20-10-4-5-12(16(18)19)11(7-10)13(17)15-9-3-2-6-14-8-9/h4-5,7,9,14H,2-3,6,8H2,1H3,(H,15,17). The molecule has 2 N–H and O–H groups in total. The highest BCUT2D eigenvalue weighted by molar-refractivity contribution is 5.98. The Kier molecular flexibility index (Phi) is 4.52. The maximum absolute atomic E-state index is 12.2. The van der Waals surface area contributed by atoms with Crippen LogP contribution in [-0.2, 0) is 0 Å². The summed E-state index contributed by atoms with van der Waals surface area (Å²) in [5.41, 5.74) is -0.188. The summed E-state index contributed by atoms with van der Waals surface area (Å²) >= 11 is 0. The Morgan fingerprint density at radius 2 is 2.35 bits per heavy atom. The molecule has 1 atom stereocenters. The van der Waals surface area contributed by atoms with E-state index in [0.717, 1.165) is 19.4 Å². The Hall–Kier alpha value is -2.15. The number of benzene rings is 1. The molecule has 7 nitrogen and oxygen atoms in total. The number of nitro groups is 1. The van der Waals surface area contributed by atoms with Gasteiger partial charge in [0, 0.05) is 18.7 Å². The van der Waals surface area contributed by atoms with Gasteiger partial charge in [0.25, 0.3) is 11.6 Å². The van der Waals surface area contributed by atoms with Gasteiger partial charge in [-0.3, -0.25) is 14.9 Å². The van der Waals surface area contributed by atoms with E-state index in [1.54, 1.807) is 0 Å². The van der Waals surface area contributed by atoms with Crippen molar-refractivity contribution in [2.45, 2.75) is 18.9 Å². The number of hydrogen-bond acceptors (Lipinski definition) is 5. The van der Waals surface area contributed by atoms with Crippen molar-refractivity contribution < 1.29 is 14.5 Å². The first-order chi connectivity index (χ1) is 9.61. The summed E-state index contributed by atoms with van der Waals surface area (Å²) in [5, 5.41) is 17.0. The number of piperidine rings is 1. The fourth-order valence-corrected chi connectivity index (χ4v) is 2.22. The summed E-state index contributed by atoms with van der Waals surface area (Å²) < 4.78 is 5.01. The zero-order chi connectivity index (χ0) is 14.5. The van der Waals surface area contributed by atoms with Crippen LogP contribution >= 0.6 is 0 Å². The Morgan fingerprint density at radius 3 is 2.95 bits per heavy atom. The molecule has 0 spiro atoms. The SMILES string of the molecule is COc1ccc([N+](=O)[O-])c(C(=O)NC2CCCNC2)c1. The van der Waals surface area contributed by atoms with Crippen molar-refractivity contribution in [3.05, 3.63) is 33.9 Å². The van der Waals surface area contributed by atoms with Gasteiger partial charge in [0.05, 0.1) is 12.0 Å². The number of carbonyl (C=O) groups is 1. The van der Waals surface area contributed by atoms with Crippen molar-refractivity contribution in [2.24, 2.45) is 0 Å². The van der Waals surface area contributed by atoms with Crippen molar-refractivity contribution in [1.29, 1.82) is 0 Å². The molecule has 20 heavy (non-hydrogen) atoms. The van der Waals surface area contributed by atoms with Crippen LogP contribution in [0.15, 0.2) is 18.2 Å². The Morgan fingerprint density at radius 1 is 1.55 bits per heavy atom. The van der Waals surface area contributed by atoms with E-state index >= 15 is 0 Å². The molecule has 1 amide bonds. The van der Waals surface area contributed by atoms with Crippen LogP contribution in [0.2, 0.25) is 0 Å². The second-order valence-electron chi connectivity index (χ2n) is 4.66. The summed E-state index contributed by atoms with van der Waals surface area (Å²) in [6.45, 7) is 1.62. The number of ether oxygens (including phenoxy) is 1. The van der Waals surface area contributed by atoms with Crippen LogP contribution in [-0.4, -0.2) is 37.1 Å². The van der Waals surface area contributed by atoms with Crippen molar-refractivity contribution >= 4 is 11.6 Å². The summed E-state index contributed by atoms with van der Waals surface area (Å²) in [4.78, 5) is 22.6. The topological polar surface area (TPSA) is 93.5 Å². The number of methoxy groups -OCH3 is 1. The van der Waals surface area contributed by atoms with Gasteiger partial charge in [0.1, 0.15) is 11.3 Å². The van der Waals surface area contributed by atoms with Crippen molar-refractivity contribution in [2.75, 3.05) is 20.2 Å². The molecule has 1 aliphatic rings. The highest BCUT2D eigenvalue weighted by Crippen LogP contribution is 2.24. The quantitative estimate of drug-likeness (QED) is 0.635. The third kappa shape index (κ3) is 3.24. The minimum Gasteiger partial charge on any atom is -0.497 e. The van der Waals surface area contributed by atoms with Crippen molar-refractivity contribution in [3.63, 3.8) is 0 Å². The number of nitrogens with zero attached hydrogens (tertiary/aromatic N) is 1. The van der Waals surface area contributed by atoms with E-state index in [1.165, 1.54) is 25.3 Å². The lowest BCUT2D eigenvalue weighted by atomic mass is 10.1. The lowest BCUT2D eigenvalue weighted by molar-refractivity contribution is -0.385. The van der Waals surface area contributed by atoms with Gasteiger partial charge in [0.15, 0.2) is 0 Å². The average Bonchev–Trinajstić information content (AvgIpc) is 2.47. The van der Waals surface area contributed by atoms with E-state index in [1.807, 2.05) is 0 Å². The first-order valence-electron chi connectivity index (χ1n) is 6.46. The van der Waals surface area contributed by atoms with Gasteiger partial charge in [-0.15, -0.1) is 0 Å². The Balaban J connectivity index is 2.20. The van der Waals surface area contributed by atoms with Crippen LogP contribution in [0.4, 0.5) is 5.69 Å². The predicted molar refractivity (Wildman–Crippen MR) is 73.0 cm³/mol.